The van der Waals surface area contributed by atoms with Crippen molar-refractivity contribution >= 4 is 11.7 Å². The van der Waals surface area contributed by atoms with Gasteiger partial charge >= 0.3 is 0 Å². The van der Waals surface area contributed by atoms with Crippen molar-refractivity contribution in [2.45, 2.75) is 33.2 Å². The summed E-state index contributed by atoms with van der Waals surface area (Å²) in [5, 5.41) is 0. The second-order valence-corrected chi connectivity index (χ2v) is 4.21. The van der Waals surface area contributed by atoms with E-state index in [2.05, 4.69) is 0 Å². The van der Waals surface area contributed by atoms with Crippen LogP contribution in [0.25, 0.3) is 0 Å². The van der Waals surface area contributed by atoms with E-state index in [0.717, 1.165) is 0 Å². The fourth-order valence-corrected chi connectivity index (χ4v) is 1.79. The number of amides is 1. The van der Waals surface area contributed by atoms with Crippen LogP contribution in [0.15, 0.2) is 0 Å². The first-order valence-electron chi connectivity index (χ1n) is 5.45. The molecule has 1 saturated heterocycles. The van der Waals surface area contributed by atoms with Gasteiger partial charge in [-0.15, -0.1) is 0 Å². The van der Waals surface area contributed by atoms with Crippen LogP contribution in [0.2, 0.25) is 0 Å². The summed E-state index contributed by atoms with van der Waals surface area (Å²) in [6, 6.07) is 0.0314. The second kappa shape index (κ2) is 5.26. The molecule has 1 aliphatic rings. The molecule has 4 nitrogen and oxygen atoms in total. The maximum atomic E-state index is 11.5. The monoisotopic (exact) mass is 213 g/mol. The van der Waals surface area contributed by atoms with Gasteiger partial charge in [0.2, 0.25) is 5.91 Å². The van der Waals surface area contributed by atoms with E-state index in [1.54, 1.807) is 4.90 Å². The van der Waals surface area contributed by atoms with Gasteiger partial charge in [0.25, 0.3) is 0 Å². The molecule has 1 rings (SSSR count). The summed E-state index contributed by atoms with van der Waals surface area (Å²) in [4.78, 5) is 24.4. The molecule has 0 aliphatic carbocycles. The average molecular weight is 213 g/mol. The number of Topliss-reactive ketones (excluding diaryl/α,β-unsaturated/α-hetero) is 1. The highest BCUT2D eigenvalue weighted by molar-refractivity contribution is 6.05. The van der Waals surface area contributed by atoms with Crippen LogP contribution in [0.4, 0.5) is 0 Å². The third kappa shape index (κ3) is 3.02. The van der Waals surface area contributed by atoms with Crippen LogP contribution in [0, 0.1) is 5.92 Å². The normalized spacial score (nSPS) is 19.1. The summed E-state index contributed by atoms with van der Waals surface area (Å²) < 4.78 is 5.35. The van der Waals surface area contributed by atoms with Crippen LogP contribution in [0.5, 0.6) is 0 Å². The zero-order valence-electron chi connectivity index (χ0n) is 9.66. The molecule has 1 atom stereocenters. The van der Waals surface area contributed by atoms with Crippen molar-refractivity contribution in [3.8, 4) is 0 Å². The molecular formula is C11H19NO3. The molecule has 4 heteroatoms. The van der Waals surface area contributed by atoms with Crippen LogP contribution >= 0.6 is 0 Å². The molecule has 1 amide bonds. The first-order valence-corrected chi connectivity index (χ1v) is 5.45. The SMILES string of the molecule is CCOCC(C(C)C)N1CC(=O)CC1=O. The Hall–Kier alpha value is -0.900. The van der Waals surface area contributed by atoms with E-state index in [-0.39, 0.29) is 30.7 Å². The van der Waals surface area contributed by atoms with E-state index in [9.17, 15) is 9.59 Å². The molecule has 15 heavy (non-hydrogen) atoms. The van der Waals surface area contributed by atoms with Crippen molar-refractivity contribution in [1.29, 1.82) is 0 Å². The van der Waals surface area contributed by atoms with Gasteiger partial charge in [-0.25, -0.2) is 0 Å². The van der Waals surface area contributed by atoms with Crippen LogP contribution in [0.1, 0.15) is 27.2 Å². The van der Waals surface area contributed by atoms with E-state index in [1.807, 2.05) is 20.8 Å². The minimum absolute atomic E-state index is 0.0159. The number of likely N-dealkylation sites (tertiary alicyclic amines) is 1. The Labute approximate surface area is 90.6 Å². The first kappa shape index (κ1) is 12.2. The Morgan fingerprint density at radius 1 is 1.40 bits per heavy atom. The highest BCUT2D eigenvalue weighted by atomic mass is 16.5. The molecule has 1 aliphatic heterocycles. The van der Waals surface area contributed by atoms with E-state index in [4.69, 9.17) is 4.74 Å². The number of carbonyl (C=O) groups excluding carboxylic acids is 2. The fraction of sp³-hybridized carbons (Fsp3) is 0.818. The summed E-state index contributed by atoms with van der Waals surface area (Å²) in [6.45, 7) is 7.43. The molecule has 1 unspecified atom stereocenters. The lowest BCUT2D eigenvalue weighted by Crippen LogP contribution is -2.43. The van der Waals surface area contributed by atoms with Crippen LogP contribution < -0.4 is 0 Å². The second-order valence-electron chi connectivity index (χ2n) is 4.21. The van der Waals surface area contributed by atoms with Crippen molar-refractivity contribution < 1.29 is 14.3 Å². The van der Waals surface area contributed by atoms with Crippen LogP contribution in [-0.2, 0) is 14.3 Å². The van der Waals surface area contributed by atoms with Crippen molar-refractivity contribution in [3.63, 3.8) is 0 Å². The van der Waals surface area contributed by atoms with Crippen LogP contribution in [0.3, 0.4) is 0 Å². The minimum atomic E-state index is -0.0570. The van der Waals surface area contributed by atoms with Gasteiger partial charge in [0.1, 0.15) is 0 Å². The molecule has 0 aromatic carbocycles. The van der Waals surface area contributed by atoms with E-state index in [1.165, 1.54) is 0 Å². The standard InChI is InChI=1S/C11H19NO3/c1-4-15-7-10(8(2)3)12-6-9(13)5-11(12)14/h8,10H,4-7H2,1-3H3. The topological polar surface area (TPSA) is 46.6 Å². The predicted molar refractivity (Wildman–Crippen MR) is 56.5 cm³/mol. The Morgan fingerprint density at radius 3 is 2.47 bits per heavy atom. The number of nitrogens with zero attached hydrogens (tertiary/aromatic N) is 1. The number of hydrogen-bond donors (Lipinski definition) is 0. The van der Waals surface area contributed by atoms with Gasteiger partial charge in [-0.05, 0) is 12.8 Å². The molecule has 1 fully saturated rings. The van der Waals surface area contributed by atoms with Crippen LogP contribution in [-0.4, -0.2) is 42.4 Å². The molecular weight excluding hydrogens is 194 g/mol. The number of hydrogen-bond acceptors (Lipinski definition) is 3. The van der Waals surface area contributed by atoms with E-state index < -0.39 is 0 Å². The Kier molecular flexibility index (Phi) is 4.27. The zero-order chi connectivity index (χ0) is 11.4. The van der Waals surface area contributed by atoms with Crippen molar-refractivity contribution in [3.05, 3.63) is 0 Å². The smallest absolute Gasteiger partial charge is 0.230 e. The van der Waals surface area contributed by atoms with Gasteiger partial charge < -0.3 is 9.64 Å². The molecule has 86 valence electrons. The van der Waals surface area contributed by atoms with E-state index in [0.29, 0.717) is 19.1 Å². The number of carbonyl (C=O) groups is 2. The molecule has 0 saturated carbocycles. The molecule has 0 spiro atoms. The number of ketones is 1. The molecule has 0 radical (unpaired) electrons. The lowest BCUT2D eigenvalue weighted by atomic mass is 10.0. The largest absolute Gasteiger partial charge is 0.380 e. The summed E-state index contributed by atoms with van der Waals surface area (Å²) >= 11 is 0. The van der Waals surface area contributed by atoms with Gasteiger partial charge in [0, 0.05) is 6.61 Å². The minimum Gasteiger partial charge on any atom is -0.380 e. The van der Waals surface area contributed by atoms with Gasteiger partial charge in [0.15, 0.2) is 5.78 Å². The molecule has 0 aromatic rings. The van der Waals surface area contributed by atoms with Crippen molar-refractivity contribution in [2.24, 2.45) is 5.92 Å². The fourth-order valence-electron chi connectivity index (χ4n) is 1.79. The summed E-state index contributed by atoms with van der Waals surface area (Å²) in [5.74, 6) is 0.270. The third-order valence-electron chi connectivity index (χ3n) is 2.68. The molecule has 0 bridgehead atoms. The summed E-state index contributed by atoms with van der Waals surface area (Å²) in [5.41, 5.74) is 0. The Morgan fingerprint density at radius 2 is 2.07 bits per heavy atom. The molecule has 1 heterocycles. The number of rotatable bonds is 5. The van der Waals surface area contributed by atoms with Crippen molar-refractivity contribution in [2.75, 3.05) is 19.8 Å². The third-order valence-corrected chi connectivity index (χ3v) is 2.68. The maximum absolute atomic E-state index is 11.5. The lowest BCUT2D eigenvalue weighted by Gasteiger charge is -2.30. The number of ether oxygens (including phenoxy) is 1. The maximum Gasteiger partial charge on any atom is 0.230 e. The molecule has 0 aromatic heterocycles. The quantitative estimate of drug-likeness (QED) is 0.636. The highest BCUT2D eigenvalue weighted by Crippen LogP contribution is 2.17. The Bertz CT molecular complexity index is 250. The summed E-state index contributed by atoms with van der Waals surface area (Å²) in [7, 11) is 0. The zero-order valence-corrected chi connectivity index (χ0v) is 9.66. The van der Waals surface area contributed by atoms with Gasteiger partial charge in [0.05, 0.1) is 25.6 Å². The predicted octanol–water partition coefficient (Wildman–Crippen LogP) is 0.849. The van der Waals surface area contributed by atoms with E-state index >= 15 is 0 Å². The average Bonchev–Trinajstić information content (AvgIpc) is 2.46. The molecule has 0 N–H and O–H groups in total. The van der Waals surface area contributed by atoms with Gasteiger partial charge in [-0.2, -0.15) is 0 Å². The van der Waals surface area contributed by atoms with Crippen molar-refractivity contribution in [1.82, 2.24) is 4.90 Å². The summed E-state index contributed by atoms with van der Waals surface area (Å²) in [6.07, 6.45) is 0.0648. The highest BCUT2D eigenvalue weighted by Gasteiger charge is 2.34. The Balaban J connectivity index is 2.63. The van der Waals surface area contributed by atoms with Gasteiger partial charge in [-0.1, -0.05) is 13.8 Å². The first-order chi connectivity index (χ1) is 7.06. The van der Waals surface area contributed by atoms with Gasteiger partial charge in [-0.3, -0.25) is 9.59 Å². The lowest BCUT2D eigenvalue weighted by molar-refractivity contribution is -0.131.